The Morgan fingerprint density at radius 3 is 2.56 bits per heavy atom. The summed E-state index contributed by atoms with van der Waals surface area (Å²) in [6.07, 6.45) is 1.12. The maximum Gasteiger partial charge on any atom is 0.293 e. The van der Waals surface area contributed by atoms with Crippen LogP contribution in [0.3, 0.4) is 0 Å². The number of hydrogen-bond acceptors (Lipinski definition) is 2. The smallest absolute Gasteiger partial charge is 0.293 e. The zero-order valence-corrected chi connectivity index (χ0v) is 8.44. The molecule has 82 valence electrons. The molecule has 0 aliphatic heterocycles. The van der Waals surface area contributed by atoms with Crippen LogP contribution in [0.4, 0.5) is 8.78 Å². The van der Waals surface area contributed by atoms with Gasteiger partial charge in [-0.3, -0.25) is 9.59 Å². The number of nitrogens with one attached hydrogen (secondary N) is 1. The average molecular weight is 244 g/mol. The largest absolute Gasteiger partial charge is 0.358 e. The van der Waals surface area contributed by atoms with Gasteiger partial charge in [0.25, 0.3) is 5.24 Å². The minimum absolute atomic E-state index is 0.0751. The number of benzene rings is 1. The minimum Gasteiger partial charge on any atom is -0.358 e. The second-order valence-corrected chi connectivity index (χ2v) is 3.43. The van der Waals surface area contributed by atoms with E-state index in [0.717, 1.165) is 12.3 Å². The molecule has 1 aromatic carbocycles. The van der Waals surface area contributed by atoms with Gasteiger partial charge in [0.15, 0.2) is 11.6 Å². The summed E-state index contributed by atoms with van der Waals surface area (Å²) >= 11 is 5.02. The van der Waals surface area contributed by atoms with Crippen LogP contribution in [-0.4, -0.2) is 16.0 Å². The quantitative estimate of drug-likeness (QED) is 0.500. The third-order valence-electron chi connectivity index (χ3n) is 2.17. The number of aromatic amines is 1. The van der Waals surface area contributed by atoms with Crippen molar-refractivity contribution in [3.05, 3.63) is 35.5 Å². The lowest BCUT2D eigenvalue weighted by atomic mass is 10.1. The number of rotatable bonds is 2. The molecule has 6 heteroatoms. The number of aromatic nitrogens is 1. The molecule has 0 saturated carbocycles. The van der Waals surface area contributed by atoms with Crippen LogP contribution < -0.4 is 0 Å². The average Bonchev–Trinajstić information content (AvgIpc) is 2.66. The monoisotopic (exact) mass is 243 g/mol. The van der Waals surface area contributed by atoms with E-state index < -0.39 is 22.7 Å². The molecule has 0 aliphatic rings. The molecule has 1 N–H and O–H groups in total. The highest BCUT2D eigenvalue weighted by atomic mass is 35.5. The molecule has 0 bridgehead atoms. The van der Waals surface area contributed by atoms with Crippen LogP contribution in [0.1, 0.15) is 10.4 Å². The SMILES string of the molecule is O=C(Cl)C(=O)c1c[nH]c2c(F)c(F)ccc12. The van der Waals surface area contributed by atoms with Gasteiger partial charge in [0.2, 0.25) is 5.78 Å². The van der Waals surface area contributed by atoms with Crippen molar-refractivity contribution in [2.45, 2.75) is 0 Å². The Kier molecular flexibility index (Phi) is 2.47. The second kappa shape index (κ2) is 3.68. The molecule has 2 rings (SSSR count). The van der Waals surface area contributed by atoms with E-state index in [1.807, 2.05) is 0 Å². The summed E-state index contributed by atoms with van der Waals surface area (Å²) in [5.41, 5.74) is -0.241. The van der Waals surface area contributed by atoms with Crippen molar-refractivity contribution in [1.82, 2.24) is 4.98 Å². The van der Waals surface area contributed by atoms with Crippen molar-refractivity contribution < 1.29 is 18.4 Å². The molecular weight excluding hydrogens is 240 g/mol. The lowest BCUT2D eigenvalue weighted by Crippen LogP contribution is -2.06. The van der Waals surface area contributed by atoms with Crippen LogP contribution in [0.2, 0.25) is 0 Å². The van der Waals surface area contributed by atoms with E-state index in [4.69, 9.17) is 11.6 Å². The lowest BCUT2D eigenvalue weighted by molar-refractivity contribution is -0.108. The van der Waals surface area contributed by atoms with E-state index in [-0.39, 0.29) is 16.5 Å². The van der Waals surface area contributed by atoms with E-state index in [1.165, 1.54) is 6.07 Å². The van der Waals surface area contributed by atoms with Gasteiger partial charge in [0, 0.05) is 11.6 Å². The van der Waals surface area contributed by atoms with Gasteiger partial charge in [-0.25, -0.2) is 8.78 Å². The molecule has 0 saturated heterocycles. The third-order valence-corrected chi connectivity index (χ3v) is 2.34. The number of carbonyl (C=O) groups is 2. The maximum absolute atomic E-state index is 13.2. The first kappa shape index (κ1) is 10.8. The predicted molar refractivity (Wildman–Crippen MR) is 53.4 cm³/mol. The zero-order valence-electron chi connectivity index (χ0n) is 7.68. The molecule has 1 heterocycles. The van der Waals surface area contributed by atoms with E-state index in [1.54, 1.807) is 0 Å². The third kappa shape index (κ3) is 1.49. The number of fused-ring (bicyclic) bond motifs is 1. The van der Waals surface area contributed by atoms with Gasteiger partial charge >= 0.3 is 0 Å². The van der Waals surface area contributed by atoms with E-state index in [2.05, 4.69) is 4.98 Å². The first-order valence-corrected chi connectivity index (χ1v) is 4.59. The number of halogens is 3. The fraction of sp³-hybridized carbons (Fsp3) is 0. The summed E-state index contributed by atoms with van der Waals surface area (Å²) in [4.78, 5) is 24.4. The Morgan fingerprint density at radius 2 is 1.94 bits per heavy atom. The number of Topliss-reactive ketones (excluding diaryl/α,β-unsaturated/α-hetero) is 1. The van der Waals surface area contributed by atoms with Gasteiger partial charge in [-0.15, -0.1) is 0 Å². The molecule has 0 atom stereocenters. The van der Waals surface area contributed by atoms with Crippen LogP contribution >= 0.6 is 11.6 Å². The second-order valence-electron chi connectivity index (χ2n) is 3.09. The van der Waals surface area contributed by atoms with Gasteiger partial charge in [-0.05, 0) is 23.7 Å². The van der Waals surface area contributed by atoms with Crippen molar-refractivity contribution in [2.24, 2.45) is 0 Å². The molecule has 3 nitrogen and oxygen atoms in total. The fourth-order valence-electron chi connectivity index (χ4n) is 1.43. The first-order chi connectivity index (χ1) is 7.52. The highest BCUT2D eigenvalue weighted by Gasteiger charge is 2.20. The summed E-state index contributed by atoms with van der Waals surface area (Å²) in [6, 6.07) is 2.08. The summed E-state index contributed by atoms with van der Waals surface area (Å²) in [7, 11) is 0. The standard InChI is InChI=1S/C10H4ClF2NO2/c11-10(16)9(15)5-3-14-8-4(5)1-2-6(12)7(8)13/h1-3,14H. The number of hydrogen-bond donors (Lipinski definition) is 1. The molecule has 0 spiro atoms. The van der Waals surface area contributed by atoms with Crippen molar-refractivity contribution in [3.8, 4) is 0 Å². The van der Waals surface area contributed by atoms with Crippen molar-refractivity contribution in [3.63, 3.8) is 0 Å². The van der Waals surface area contributed by atoms with Crippen LogP contribution in [0, 0.1) is 11.6 Å². The Hall–Kier alpha value is -1.75. The minimum atomic E-state index is -1.18. The molecule has 0 unspecified atom stereocenters. The summed E-state index contributed by atoms with van der Waals surface area (Å²) in [5.74, 6) is -3.09. The Bertz CT molecular complexity index is 606. The zero-order chi connectivity index (χ0) is 11.9. The number of carbonyl (C=O) groups excluding carboxylic acids is 2. The summed E-state index contributed by atoms with van der Waals surface area (Å²) in [6.45, 7) is 0. The van der Waals surface area contributed by atoms with E-state index in [0.29, 0.717) is 0 Å². The van der Waals surface area contributed by atoms with Crippen LogP contribution in [0.15, 0.2) is 18.3 Å². The Labute approximate surface area is 93.0 Å². The maximum atomic E-state index is 13.2. The normalized spacial score (nSPS) is 10.7. The van der Waals surface area contributed by atoms with E-state index >= 15 is 0 Å². The predicted octanol–water partition coefficient (Wildman–Crippen LogP) is 2.39. The number of H-pyrrole nitrogens is 1. The highest BCUT2D eigenvalue weighted by Crippen LogP contribution is 2.23. The van der Waals surface area contributed by atoms with Gasteiger partial charge in [0.05, 0.1) is 11.1 Å². The molecule has 2 aromatic rings. The van der Waals surface area contributed by atoms with E-state index in [9.17, 15) is 18.4 Å². The molecule has 0 amide bonds. The van der Waals surface area contributed by atoms with Gasteiger partial charge in [0.1, 0.15) is 0 Å². The van der Waals surface area contributed by atoms with Crippen molar-refractivity contribution >= 4 is 33.5 Å². The van der Waals surface area contributed by atoms with Crippen LogP contribution in [0.5, 0.6) is 0 Å². The molecule has 16 heavy (non-hydrogen) atoms. The molecule has 1 aromatic heterocycles. The lowest BCUT2D eigenvalue weighted by Gasteiger charge is -1.96. The topological polar surface area (TPSA) is 49.9 Å². The summed E-state index contributed by atoms with van der Waals surface area (Å²) in [5, 5.41) is -1.05. The Balaban J connectivity index is 2.72. The first-order valence-electron chi connectivity index (χ1n) is 4.21. The van der Waals surface area contributed by atoms with Crippen LogP contribution in [0.25, 0.3) is 10.9 Å². The fourth-order valence-corrected chi connectivity index (χ4v) is 1.53. The summed E-state index contributed by atoms with van der Waals surface area (Å²) < 4.78 is 26.1. The Morgan fingerprint density at radius 1 is 1.25 bits per heavy atom. The van der Waals surface area contributed by atoms with Crippen molar-refractivity contribution in [2.75, 3.05) is 0 Å². The molecule has 0 aliphatic carbocycles. The van der Waals surface area contributed by atoms with Crippen LogP contribution in [-0.2, 0) is 4.79 Å². The van der Waals surface area contributed by atoms with Gasteiger partial charge in [-0.1, -0.05) is 0 Å². The molecule has 0 radical (unpaired) electrons. The number of ketones is 1. The van der Waals surface area contributed by atoms with Crippen molar-refractivity contribution in [1.29, 1.82) is 0 Å². The molecule has 0 fully saturated rings. The molecular formula is C10H4ClF2NO2. The van der Waals surface area contributed by atoms with Gasteiger partial charge < -0.3 is 4.98 Å². The highest BCUT2D eigenvalue weighted by molar-refractivity contribution is 6.83. The van der Waals surface area contributed by atoms with Gasteiger partial charge in [-0.2, -0.15) is 0 Å².